The summed E-state index contributed by atoms with van der Waals surface area (Å²) in [6, 6.07) is 0. The maximum absolute atomic E-state index is 11.2. The monoisotopic (exact) mass is 260 g/mol. The summed E-state index contributed by atoms with van der Waals surface area (Å²) < 4.78 is 14.4. The summed E-state index contributed by atoms with van der Waals surface area (Å²) in [4.78, 5) is 22.0. The van der Waals surface area contributed by atoms with Gasteiger partial charge in [-0.1, -0.05) is 39.0 Å². The van der Waals surface area contributed by atoms with Gasteiger partial charge in [0.25, 0.3) is 0 Å². The normalized spacial score (nSPS) is 11.9. The number of unbranched alkanes of at least 4 members (excludes halogenated alkanes) is 5. The minimum Gasteiger partial charge on any atom is -0.464 e. The van der Waals surface area contributed by atoms with Crippen molar-refractivity contribution in [1.82, 2.24) is 0 Å². The Labute approximate surface area is 109 Å². The highest BCUT2D eigenvalue weighted by Gasteiger charge is 2.22. The molecule has 5 heteroatoms. The van der Waals surface area contributed by atoms with Crippen molar-refractivity contribution in [1.29, 1.82) is 0 Å². The van der Waals surface area contributed by atoms with Crippen LogP contribution < -0.4 is 0 Å². The van der Waals surface area contributed by atoms with E-state index in [9.17, 15) is 9.59 Å². The molecule has 0 heterocycles. The number of esters is 2. The first-order valence-electron chi connectivity index (χ1n) is 6.48. The molecule has 0 bridgehead atoms. The molecule has 0 aromatic carbocycles. The zero-order valence-electron chi connectivity index (χ0n) is 11.6. The molecule has 0 aliphatic carbocycles. The number of ether oxygens (including phenoxy) is 3. The number of carbonyl (C=O) groups is 2. The molecule has 0 N–H and O–H groups in total. The van der Waals surface area contributed by atoms with Gasteiger partial charge in [0, 0.05) is 6.92 Å². The second-order valence-electron chi connectivity index (χ2n) is 4.10. The Morgan fingerprint density at radius 1 is 1.06 bits per heavy atom. The van der Waals surface area contributed by atoms with Crippen LogP contribution in [0.2, 0.25) is 0 Å². The van der Waals surface area contributed by atoms with E-state index in [-0.39, 0.29) is 0 Å². The van der Waals surface area contributed by atoms with Crippen molar-refractivity contribution >= 4 is 11.9 Å². The van der Waals surface area contributed by atoms with Gasteiger partial charge in [0.05, 0.1) is 13.7 Å². The van der Waals surface area contributed by atoms with Crippen LogP contribution in [0.25, 0.3) is 0 Å². The Hall–Kier alpha value is -1.10. The highest BCUT2D eigenvalue weighted by Crippen LogP contribution is 2.06. The van der Waals surface area contributed by atoms with Crippen LogP contribution in [0.5, 0.6) is 0 Å². The van der Waals surface area contributed by atoms with Crippen LogP contribution in [-0.2, 0) is 23.8 Å². The Balaban J connectivity index is 3.69. The maximum Gasteiger partial charge on any atom is 0.376 e. The SMILES string of the molecule is CCCCCCCCO[C@@H](OC(C)=O)C(=O)OC. The van der Waals surface area contributed by atoms with Crippen molar-refractivity contribution in [3.8, 4) is 0 Å². The third-order valence-electron chi connectivity index (χ3n) is 2.43. The average Bonchev–Trinajstić information content (AvgIpc) is 2.34. The van der Waals surface area contributed by atoms with Gasteiger partial charge in [0.1, 0.15) is 0 Å². The zero-order valence-corrected chi connectivity index (χ0v) is 11.6. The molecule has 0 spiro atoms. The van der Waals surface area contributed by atoms with Crippen LogP contribution >= 0.6 is 0 Å². The number of methoxy groups -OCH3 is 1. The summed E-state index contributed by atoms with van der Waals surface area (Å²) >= 11 is 0. The lowest BCUT2D eigenvalue weighted by molar-refractivity contribution is -0.198. The first-order chi connectivity index (χ1) is 8.61. The minimum absolute atomic E-state index is 0.388. The van der Waals surface area contributed by atoms with E-state index in [4.69, 9.17) is 9.47 Å². The molecule has 5 nitrogen and oxygen atoms in total. The standard InChI is InChI=1S/C13H24O5/c1-4-5-6-7-8-9-10-17-13(12(15)16-3)18-11(2)14/h13H,4-10H2,1-3H3/t13-/m0/s1. The lowest BCUT2D eigenvalue weighted by Crippen LogP contribution is -2.30. The summed E-state index contributed by atoms with van der Waals surface area (Å²) in [5.41, 5.74) is 0. The van der Waals surface area contributed by atoms with Gasteiger partial charge in [-0.15, -0.1) is 0 Å². The van der Waals surface area contributed by atoms with Crippen LogP contribution in [0.3, 0.4) is 0 Å². The van der Waals surface area contributed by atoms with Crippen LogP contribution in [0, 0.1) is 0 Å². The first-order valence-corrected chi connectivity index (χ1v) is 6.48. The number of rotatable bonds is 10. The second kappa shape index (κ2) is 11.0. The van der Waals surface area contributed by atoms with Gasteiger partial charge in [-0.25, -0.2) is 4.79 Å². The molecule has 0 unspecified atom stereocenters. The van der Waals surface area contributed by atoms with Gasteiger partial charge in [-0.2, -0.15) is 0 Å². The average molecular weight is 260 g/mol. The highest BCUT2D eigenvalue weighted by molar-refractivity contribution is 5.77. The lowest BCUT2D eigenvalue weighted by atomic mass is 10.1. The molecule has 0 aliphatic heterocycles. The van der Waals surface area contributed by atoms with Crippen molar-refractivity contribution in [2.24, 2.45) is 0 Å². The molecule has 0 aromatic heterocycles. The number of hydrogen-bond acceptors (Lipinski definition) is 5. The van der Waals surface area contributed by atoms with Crippen LogP contribution in [0.4, 0.5) is 0 Å². The Bertz CT molecular complexity index is 240. The van der Waals surface area contributed by atoms with E-state index in [2.05, 4.69) is 11.7 Å². The molecule has 106 valence electrons. The van der Waals surface area contributed by atoms with E-state index in [1.54, 1.807) is 0 Å². The minimum atomic E-state index is -1.23. The Morgan fingerprint density at radius 2 is 1.67 bits per heavy atom. The molecule has 0 amide bonds. The van der Waals surface area contributed by atoms with Gasteiger partial charge < -0.3 is 14.2 Å². The van der Waals surface area contributed by atoms with Gasteiger partial charge in [0.2, 0.25) is 0 Å². The molecule has 1 atom stereocenters. The van der Waals surface area contributed by atoms with Crippen molar-refractivity contribution in [3.63, 3.8) is 0 Å². The smallest absolute Gasteiger partial charge is 0.376 e. The van der Waals surface area contributed by atoms with E-state index in [0.717, 1.165) is 19.3 Å². The summed E-state index contributed by atoms with van der Waals surface area (Å²) in [5.74, 6) is -1.25. The van der Waals surface area contributed by atoms with Crippen LogP contribution in [0.1, 0.15) is 52.4 Å². The largest absolute Gasteiger partial charge is 0.464 e. The summed E-state index contributed by atoms with van der Waals surface area (Å²) in [5, 5.41) is 0. The second-order valence-corrected chi connectivity index (χ2v) is 4.10. The summed E-state index contributed by atoms with van der Waals surface area (Å²) in [7, 11) is 1.23. The van der Waals surface area contributed by atoms with E-state index < -0.39 is 18.2 Å². The van der Waals surface area contributed by atoms with Gasteiger partial charge in [0.15, 0.2) is 0 Å². The van der Waals surface area contributed by atoms with Crippen LogP contribution in [0.15, 0.2) is 0 Å². The number of carbonyl (C=O) groups excluding carboxylic acids is 2. The molecule has 0 aromatic rings. The quantitative estimate of drug-likeness (QED) is 0.343. The molecule has 0 rings (SSSR count). The molecular weight excluding hydrogens is 236 g/mol. The summed E-state index contributed by atoms with van der Waals surface area (Å²) in [6.07, 6.45) is 5.51. The molecule has 0 saturated heterocycles. The first kappa shape index (κ1) is 16.9. The molecular formula is C13H24O5. The Morgan fingerprint density at radius 3 is 2.22 bits per heavy atom. The maximum atomic E-state index is 11.2. The van der Waals surface area contributed by atoms with Crippen molar-refractivity contribution in [3.05, 3.63) is 0 Å². The van der Waals surface area contributed by atoms with Gasteiger partial charge in [-0.3, -0.25) is 4.79 Å². The fourth-order valence-electron chi connectivity index (χ4n) is 1.47. The fraction of sp³-hybridized carbons (Fsp3) is 0.846. The number of hydrogen-bond donors (Lipinski definition) is 0. The predicted molar refractivity (Wildman–Crippen MR) is 66.9 cm³/mol. The lowest BCUT2D eigenvalue weighted by Gasteiger charge is -2.14. The highest BCUT2D eigenvalue weighted by atomic mass is 16.7. The van der Waals surface area contributed by atoms with E-state index in [1.807, 2.05) is 0 Å². The molecule has 0 fully saturated rings. The van der Waals surface area contributed by atoms with Crippen molar-refractivity contribution < 1.29 is 23.8 Å². The summed E-state index contributed by atoms with van der Waals surface area (Å²) in [6.45, 7) is 3.78. The predicted octanol–water partition coefficient (Wildman–Crippen LogP) is 2.43. The van der Waals surface area contributed by atoms with Crippen molar-refractivity contribution in [2.75, 3.05) is 13.7 Å². The molecule has 18 heavy (non-hydrogen) atoms. The van der Waals surface area contributed by atoms with Crippen molar-refractivity contribution in [2.45, 2.75) is 58.7 Å². The molecule has 0 saturated carbocycles. The molecule has 0 radical (unpaired) electrons. The van der Waals surface area contributed by atoms with Crippen LogP contribution in [-0.4, -0.2) is 31.9 Å². The van der Waals surface area contributed by atoms with E-state index in [1.165, 1.54) is 33.3 Å². The molecule has 0 aliphatic rings. The fourth-order valence-corrected chi connectivity index (χ4v) is 1.47. The van der Waals surface area contributed by atoms with Gasteiger partial charge in [-0.05, 0) is 6.42 Å². The van der Waals surface area contributed by atoms with Gasteiger partial charge >= 0.3 is 18.2 Å². The van der Waals surface area contributed by atoms with E-state index in [0.29, 0.717) is 6.61 Å². The third kappa shape index (κ3) is 8.98. The van der Waals surface area contributed by atoms with E-state index >= 15 is 0 Å². The Kier molecular flexibility index (Phi) is 10.3. The topological polar surface area (TPSA) is 61.8 Å². The third-order valence-corrected chi connectivity index (χ3v) is 2.43. The zero-order chi connectivity index (χ0) is 13.8.